The van der Waals surface area contributed by atoms with Gasteiger partial charge in [0.2, 0.25) is 0 Å². The van der Waals surface area contributed by atoms with E-state index in [4.69, 9.17) is 18.0 Å². The molecule has 0 saturated heterocycles. The summed E-state index contributed by atoms with van der Waals surface area (Å²) >= 11 is 4.89. The third kappa shape index (κ3) is 2.96. The van der Waals surface area contributed by atoms with Crippen molar-refractivity contribution in [3.63, 3.8) is 0 Å². The standard InChI is InChI=1S/C10H15N3S/c1-3-7(2)13-9-6-8(10(11)14)4-5-12-9/h4-7H,3H2,1-2H3,(H2,11,14)(H,12,13). The van der Waals surface area contributed by atoms with Crippen molar-refractivity contribution in [3.05, 3.63) is 23.9 Å². The van der Waals surface area contributed by atoms with Crippen molar-refractivity contribution < 1.29 is 0 Å². The van der Waals surface area contributed by atoms with Crippen LogP contribution in [0, 0.1) is 0 Å². The molecule has 0 spiro atoms. The lowest BCUT2D eigenvalue weighted by Crippen LogP contribution is -2.16. The number of rotatable bonds is 4. The first-order valence-corrected chi connectivity index (χ1v) is 5.06. The van der Waals surface area contributed by atoms with Crippen LogP contribution in [0.5, 0.6) is 0 Å². The van der Waals surface area contributed by atoms with E-state index in [0.717, 1.165) is 17.8 Å². The zero-order chi connectivity index (χ0) is 10.6. The van der Waals surface area contributed by atoms with E-state index in [1.54, 1.807) is 6.20 Å². The van der Waals surface area contributed by atoms with Gasteiger partial charge in [-0.3, -0.25) is 0 Å². The molecule has 3 nitrogen and oxygen atoms in total. The summed E-state index contributed by atoms with van der Waals surface area (Å²) in [5.74, 6) is 0.824. The number of thiocarbonyl (C=S) groups is 1. The SMILES string of the molecule is CCC(C)Nc1cc(C(N)=S)ccn1. The number of hydrogen-bond donors (Lipinski definition) is 2. The first kappa shape index (κ1) is 10.9. The van der Waals surface area contributed by atoms with Crippen LogP contribution in [0.15, 0.2) is 18.3 Å². The van der Waals surface area contributed by atoms with Crippen molar-refractivity contribution in [1.82, 2.24) is 4.98 Å². The number of hydrogen-bond acceptors (Lipinski definition) is 3. The van der Waals surface area contributed by atoms with Crippen molar-refractivity contribution in [2.45, 2.75) is 26.3 Å². The first-order chi connectivity index (χ1) is 6.63. The number of aromatic nitrogens is 1. The number of nitrogens with zero attached hydrogens (tertiary/aromatic N) is 1. The zero-order valence-corrected chi connectivity index (χ0v) is 9.27. The fourth-order valence-electron chi connectivity index (χ4n) is 1.02. The highest BCUT2D eigenvalue weighted by atomic mass is 32.1. The van der Waals surface area contributed by atoms with Gasteiger partial charge in [0, 0.05) is 17.8 Å². The highest BCUT2D eigenvalue weighted by Crippen LogP contribution is 2.08. The first-order valence-electron chi connectivity index (χ1n) is 4.66. The Hall–Kier alpha value is -1.16. The summed E-state index contributed by atoms with van der Waals surface area (Å²) in [6, 6.07) is 4.09. The molecule has 1 aromatic heterocycles. The molecule has 3 N–H and O–H groups in total. The van der Waals surface area contributed by atoms with Crippen molar-refractivity contribution in [3.8, 4) is 0 Å². The molecule has 0 saturated carbocycles. The lowest BCUT2D eigenvalue weighted by molar-refractivity contribution is 0.759. The Morgan fingerprint density at radius 1 is 1.71 bits per heavy atom. The molecule has 1 aromatic rings. The summed E-state index contributed by atoms with van der Waals surface area (Å²) in [5, 5.41) is 3.26. The molecule has 14 heavy (non-hydrogen) atoms. The van der Waals surface area contributed by atoms with Gasteiger partial charge in [-0.15, -0.1) is 0 Å². The van der Waals surface area contributed by atoms with Crippen LogP contribution in [0.4, 0.5) is 5.82 Å². The van der Waals surface area contributed by atoms with E-state index in [2.05, 4.69) is 24.1 Å². The van der Waals surface area contributed by atoms with Gasteiger partial charge in [0.05, 0.1) is 0 Å². The summed E-state index contributed by atoms with van der Waals surface area (Å²) in [5.41, 5.74) is 6.37. The monoisotopic (exact) mass is 209 g/mol. The molecule has 0 radical (unpaired) electrons. The maximum Gasteiger partial charge on any atom is 0.126 e. The van der Waals surface area contributed by atoms with Crippen LogP contribution in [0.1, 0.15) is 25.8 Å². The highest BCUT2D eigenvalue weighted by Gasteiger charge is 2.02. The molecule has 4 heteroatoms. The fraction of sp³-hybridized carbons (Fsp3) is 0.400. The lowest BCUT2D eigenvalue weighted by Gasteiger charge is -2.12. The van der Waals surface area contributed by atoms with Gasteiger partial charge in [-0.05, 0) is 25.5 Å². The molecule has 0 aliphatic carbocycles. The van der Waals surface area contributed by atoms with E-state index in [-0.39, 0.29) is 0 Å². The fourth-order valence-corrected chi connectivity index (χ4v) is 1.14. The van der Waals surface area contributed by atoms with Crippen LogP contribution in [0.25, 0.3) is 0 Å². The lowest BCUT2D eigenvalue weighted by atomic mass is 10.2. The van der Waals surface area contributed by atoms with Gasteiger partial charge >= 0.3 is 0 Å². The van der Waals surface area contributed by atoms with Crippen LogP contribution in [0.3, 0.4) is 0 Å². The topological polar surface area (TPSA) is 50.9 Å². The molecular formula is C10H15N3S. The minimum absolute atomic E-state index is 0.402. The van der Waals surface area contributed by atoms with E-state index in [0.29, 0.717) is 11.0 Å². The third-order valence-electron chi connectivity index (χ3n) is 2.05. The predicted octanol–water partition coefficient (Wildman–Crippen LogP) is 1.93. The normalized spacial score (nSPS) is 12.1. The molecule has 0 aliphatic rings. The molecule has 0 bridgehead atoms. The second kappa shape index (κ2) is 4.91. The molecule has 0 aliphatic heterocycles. The average Bonchev–Trinajstić information content (AvgIpc) is 2.18. The zero-order valence-electron chi connectivity index (χ0n) is 8.45. The van der Waals surface area contributed by atoms with Crippen molar-refractivity contribution in [1.29, 1.82) is 0 Å². The third-order valence-corrected chi connectivity index (χ3v) is 2.29. The van der Waals surface area contributed by atoms with Gasteiger partial charge in [0.15, 0.2) is 0 Å². The van der Waals surface area contributed by atoms with Crippen LogP contribution in [-0.2, 0) is 0 Å². The Labute approximate surface area is 89.7 Å². The minimum atomic E-state index is 0.402. The average molecular weight is 209 g/mol. The number of pyridine rings is 1. The van der Waals surface area contributed by atoms with E-state index in [9.17, 15) is 0 Å². The predicted molar refractivity (Wildman–Crippen MR) is 63.5 cm³/mol. The van der Waals surface area contributed by atoms with Gasteiger partial charge in [-0.25, -0.2) is 4.98 Å². The molecule has 0 aromatic carbocycles. The molecule has 76 valence electrons. The maximum absolute atomic E-state index is 5.52. The van der Waals surface area contributed by atoms with Crippen molar-refractivity contribution in [2.75, 3.05) is 5.32 Å². The number of nitrogens with one attached hydrogen (secondary N) is 1. The molecule has 1 unspecified atom stereocenters. The van der Waals surface area contributed by atoms with Crippen LogP contribution >= 0.6 is 12.2 Å². The highest BCUT2D eigenvalue weighted by molar-refractivity contribution is 7.80. The van der Waals surface area contributed by atoms with Crippen LogP contribution < -0.4 is 11.1 Å². The van der Waals surface area contributed by atoms with E-state index in [1.807, 2.05) is 12.1 Å². The molecule has 1 atom stereocenters. The Balaban J connectivity index is 2.78. The van der Waals surface area contributed by atoms with E-state index in [1.165, 1.54) is 0 Å². The molecule has 1 rings (SSSR count). The molecular weight excluding hydrogens is 194 g/mol. The van der Waals surface area contributed by atoms with Gasteiger partial charge in [-0.1, -0.05) is 19.1 Å². The van der Waals surface area contributed by atoms with Gasteiger partial charge in [0.25, 0.3) is 0 Å². The summed E-state index contributed by atoms with van der Waals surface area (Å²) in [6.45, 7) is 4.23. The van der Waals surface area contributed by atoms with Gasteiger partial charge < -0.3 is 11.1 Å². The molecule has 0 fully saturated rings. The smallest absolute Gasteiger partial charge is 0.126 e. The summed E-state index contributed by atoms with van der Waals surface area (Å²) in [4.78, 5) is 4.59. The summed E-state index contributed by atoms with van der Waals surface area (Å²) in [6.07, 6.45) is 2.76. The van der Waals surface area contributed by atoms with Crippen molar-refractivity contribution in [2.24, 2.45) is 5.73 Å². The Morgan fingerprint density at radius 2 is 2.43 bits per heavy atom. The van der Waals surface area contributed by atoms with Crippen LogP contribution in [-0.4, -0.2) is 16.0 Å². The quantitative estimate of drug-likeness (QED) is 0.744. The van der Waals surface area contributed by atoms with Crippen molar-refractivity contribution >= 4 is 23.0 Å². The second-order valence-electron chi connectivity index (χ2n) is 3.25. The second-order valence-corrected chi connectivity index (χ2v) is 3.69. The largest absolute Gasteiger partial charge is 0.389 e. The minimum Gasteiger partial charge on any atom is -0.389 e. The Kier molecular flexibility index (Phi) is 3.83. The Morgan fingerprint density at radius 3 is 3.00 bits per heavy atom. The number of nitrogens with two attached hydrogens (primary N) is 1. The summed E-state index contributed by atoms with van der Waals surface area (Å²) in [7, 11) is 0. The van der Waals surface area contributed by atoms with E-state index < -0.39 is 0 Å². The molecule has 0 amide bonds. The van der Waals surface area contributed by atoms with Gasteiger partial charge in [0.1, 0.15) is 10.8 Å². The van der Waals surface area contributed by atoms with Gasteiger partial charge in [-0.2, -0.15) is 0 Å². The molecule has 1 heterocycles. The Bertz CT molecular complexity index is 325. The van der Waals surface area contributed by atoms with E-state index >= 15 is 0 Å². The maximum atomic E-state index is 5.52. The van der Waals surface area contributed by atoms with Crippen LogP contribution in [0.2, 0.25) is 0 Å². The number of anilines is 1. The summed E-state index contributed by atoms with van der Waals surface area (Å²) < 4.78 is 0.